The Morgan fingerprint density at radius 2 is 1.56 bits per heavy atom. The summed E-state index contributed by atoms with van der Waals surface area (Å²) in [6, 6.07) is 27.8. The lowest BCUT2D eigenvalue weighted by molar-refractivity contribution is -0.148. The van der Waals surface area contributed by atoms with Gasteiger partial charge in [-0.05, 0) is 59.0 Å². The highest BCUT2D eigenvalue weighted by Crippen LogP contribution is 2.51. The second-order valence-electron chi connectivity index (χ2n) is 11.1. The number of nitrogens with zero attached hydrogens (tertiary/aromatic N) is 1. The number of phenolic OH excluding ortho intramolecular Hbond substituents is 1. The number of hydrogen-bond donors (Lipinski definition) is 3. The van der Waals surface area contributed by atoms with Crippen LogP contribution in [-0.2, 0) is 20.8 Å². The molecule has 3 N–H and O–H groups in total. The fourth-order valence-electron chi connectivity index (χ4n) is 6.21. The van der Waals surface area contributed by atoms with Gasteiger partial charge in [0.05, 0.1) is 17.5 Å². The van der Waals surface area contributed by atoms with Crippen LogP contribution < -0.4 is 10.2 Å². The maximum Gasteiger partial charge on any atom is 0.325 e. The number of hydrogen-bond acceptors (Lipinski definition) is 5. The minimum atomic E-state index is -1.78. The van der Waals surface area contributed by atoms with Crippen LogP contribution in [0, 0.1) is 18.8 Å². The van der Waals surface area contributed by atoms with Crippen molar-refractivity contribution in [3.8, 4) is 5.75 Å². The van der Waals surface area contributed by atoms with Crippen LogP contribution in [0.5, 0.6) is 5.75 Å². The standard InChI is InChI=1S/C35H29ClN2O5/c1-21-7-16-26(19-28(21)36)38-32(40)29-30(33(38)41)35(34(42)43,20-24-12-17-27(39)18-13-24)37-31(29)25-14-10-23(11-15-25)9-8-22-5-3-2-4-6-22/h2-19,29-31,37,39H,20H2,1H3,(H,42,43). The molecule has 2 amide bonds. The normalized spacial score (nSPS) is 23.2. The van der Waals surface area contributed by atoms with Gasteiger partial charge in [0.1, 0.15) is 11.3 Å². The molecule has 0 aliphatic carbocycles. The number of carbonyl (C=O) groups excluding carboxylic acids is 2. The number of benzene rings is 4. The van der Waals surface area contributed by atoms with Crippen LogP contribution in [0.15, 0.2) is 97.1 Å². The molecule has 43 heavy (non-hydrogen) atoms. The number of aryl methyl sites for hydroxylation is 1. The number of halogens is 1. The summed E-state index contributed by atoms with van der Waals surface area (Å²) in [4.78, 5) is 42.5. The topological polar surface area (TPSA) is 107 Å². The number of phenols is 1. The van der Waals surface area contributed by atoms with Gasteiger partial charge in [0.25, 0.3) is 0 Å². The number of imide groups is 1. The van der Waals surface area contributed by atoms with Crippen LogP contribution in [0.1, 0.15) is 33.9 Å². The average molecular weight is 593 g/mol. The van der Waals surface area contributed by atoms with Gasteiger partial charge < -0.3 is 10.2 Å². The first-order valence-electron chi connectivity index (χ1n) is 13.9. The van der Waals surface area contributed by atoms with Crippen molar-refractivity contribution in [1.82, 2.24) is 5.32 Å². The lowest BCUT2D eigenvalue weighted by atomic mass is 9.76. The van der Waals surface area contributed by atoms with E-state index in [9.17, 15) is 24.6 Å². The van der Waals surface area contributed by atoms with Crippen LogP contribution in [0.25, 0.3) is 12.2 Å². The lowest BCUT2D eigenvalue weighted by Gasteiger charge is -2.31. The van der Waals surface area contributed by atoms with E-state index >= 15 is 0 Å². The molecule has 6 rings (SSSR count). The molecule has 0 bridgehead atoms. The Bertz CT molecular complexity index is 1740. The molecule has 4 unspecified atom stereocenters. The average Bonchev–Trinajstić information content (AvgIpc) is 3.49. The van der Waals surface area contributed by atoms with E-state index in [2.05, 4.69) is 5.32 Å². The highest BCUT2D eigenvalue weighted by Gasteiger charge is 2.68. The number of carboxylic acids is 1. The van der Waals surface area contributed by atoms with Gasteiger partial charge in [0.2, 0.25) is 11.8 Å². The van der Waals surface area contributed by atoms with Crippen LogP contribution in [0.4, 0.5) is 5.69 Å². The summed E-state index contributed by atoms with van der Waals surface area (Å²) in [5.41, 5.74) is 2.60. The Morgan fingerprint density at radius 1 is 0.907 bits per heavy atom. The van der Waals surface area contributed by atoms with Crippen molar-refractivity contribution in [3.05, 3.63) is 130 Å². The minimum absolute atomic E-state index is 0.0409. The summed E-state index contributed by atoms with van der Waals surface area (Å²) in [7, 11) is 0. The van der Waals surface area contributed by atoms with E-state index in [1.54, 1.807) is 30.3 Å². The predicted octanol–water partition coefficient (Wildman–Crippen LogP) is 6.04. The number of aromatic hydroxyl groups is 1. The van der Waals surface area contributed by atoms with Gasteiger partial charge in [-0.1, -0.05) is 96.5 Å². The van der Waals surface area contributed by atoms with Gasteiger partial charge in [0, 0.05) is 17.5 Å². The lowest BCUT2D eigenvalue weighted by Crippen LogP contribution is -2.57. The van der Waals surface area contributed by atoms with Crippen LogP contribution in [-0.4, -0.2) is 33.5 Å². The highest BCUT2D eigenvalue weighted by atomic mass is 35.5. The first-order chi connectivity index (χ1) is 20.7. The van der Waals surface area contributed by atoms with E-state index in [4.69, 9.17) is 11.6 Å². The molecule has 216 valence electrons. The van der Waals surface area contributed by atoms with Gasteiger partial charge in [-0.15, -0.1) is 0 Å². The van der Waals surface area contributed by atoms with E-state index in [0.29, 0.717) is 21.8 Å². The second-order valence-corrected chi connectivity index (χ2v) is 11.5. The Morgan fingerprint density at radius 3 is 2.19 bits per heavy atom. The molecule has 8 heteroatoms. The third-order valence-corrected chi connectivity index (χ3v) is 8.84. The van der Waals surface area contributed by atoms with E-state index in [1.165, 1.54) is 12.1 Å². The Hall–Kier alpha value is -4.72. The summed E-state index contributed by atoms with van der Waals surface area (Å²) >= 11 is 6.36. The molecular formula is C35H29ClN2O5. The number of carbonyl (C=O) groups is 3. The number of aliphatic carboxylic acids is 1. The molecule has 2 aliphatic heterocycles. The Balaban J connectivity index is 1.41. The largest absolute Gasteiger partial charge is 0.508 e. The number of nitrogens with one attached hydrogen (secondary N) is 1. The first kappa shape index (κ1) is 28.4. The molecule has 0 saturated carbocycles. The van der Waals surface area contributed by atoms with Crippen LogP contribution >= 0.6 is 11.6 Å². The smallest absolute Gasteiger partial charge is 0.325 e. The molecule has 4 aromatic rings. The molecule has 4 aromatic carbocycles. The summed E-state index contributed by atoms with van der Waals surface area (Å²) in [5.74, 6) is -4.41. The monoisotopic (exact) mass is 592 g/mol. The zero-order valence-electron chi connectivity index (χ0n) is 23.3. The Kier molecular flexibility index (Phi) is 7.38. The fraction of sp³-hybridized carbons (Fsp3) is 0.171. The molecular weight excluding hydrogens is 564 g/mol. The molecule has 4 atom stereocenters. The minimum Gasteiger partial charge on any atom is -0.508 e. The molecule has 7 nitrogen and oxygen atoms in total. The van der Waals surface area contributed by atoms with Gasteiger partial charge in [0.15, 0.2) is 0 Å². The molecule has 2 aliphatic rings. The van der Waals surface area contributed by atoms with Crippen molar-refractivity contribution in [1.29, 1.82) is 0 Å². The number of rotatable bonds is 7. The van der Waals surface area contributed by atoms with E-state index in [0.717, 1.165) is 21.6 Å². The summed E-state index contributed by atoms with van der Waals surface area (Å²) in [6.07, 6.45) is 3.90. The zero-order chi connectivity index (χ0) is 30.3. The third-order valence-electron chi connectivity index (χ3n) is 8.43. The van der Waals surface area contributed by atoms with Crippen molar-refractivity contribution in [2.24, 2.45) is 11.8 Å². The molecule has 2 fully saturated rings. The van der Waals surface area contributed by atoms with Gasteiger partial charge in [-0.25, -0.2) is 4.90 Å². The number of carboxylic acid groups (broad SMARTS) is 1. The zero-order valence-corrected chi connectivity index (χ0v) is 24.0. The van der Waals surface area contributed by atoms with Crippen molar-refractivity contribution < 1.29 is 24.6 Å². The maximum atomic E-state index is 14.1. The molecule has 0 aromatic heterocycles. The second kappa shape index (κ2) is 11.2. The van der Waals surface area contributed by atoms with Gasteiger partial charge in [-0.2, -0.15) is 0 Å². The van der Waals surface area contributed by atoms with Crippen molar-refractivity contribution in [2.45, 2.75) is 24.9 Å². The quantitative estimate of drug-likeness (QED) is 0.178. The third kappa shape index (κ3) is 5.11. The van der Waals surface area contributed by atoms with Gasteiger partial charge >= 0.3 is 5.97 Å². The molecule has 0 spiro atoms. The summed E-state index contributed by atoms with van der Waals surface area (Å²) in [5, 5.41) is 24.2. The van der Waals surface area contributed by atoms with Crippen molar-refractivity contribution >= 4 is 47.2 Å². The van der Waals surface area contributed by atoms with Gasteiger partial charge in [-0.3, -0.25) is 19.7 Å². The van der Waals surface area contributed by atoms with Crippen molar-refractivity contribution in [3.63, 3.8) is 0 Å². The number of amides is 2. The Labute approximate surface area is 254 Å². The SMILES string of the molecule is Cc1ccc(N2C(=O)C3C(c4ccc(C=Cc5ccccc5)cc4)NC(Cc4ccc(O)cc4)(C(=O)O)C3C2=O)cc1Cl. The highest BCUT2D eigenvalue weighted by molar-refractivity contribution is 6.32. The van der Waals surface area contributed by atoms with Crippen LogP contribution in [0.3, 0.4) is 0 Å². The molecule has 0 radical (unpaired) electrons. The van der Waals surface area contributed by atoms with E-state index < -0.39 is 41.2 Å². The van der Waals surface area contributed by atoms with Crippen molar-refractivity contribution in [2.75, 3.05) is 4.90 Å². The first-order valence-corrected chi connectivity index (χ1v) is 14.3. The fourth-order valence-corrected chi connectivity index (χ4v) is 6.38. The molecule has 2 heterocycles. The van der Waals surface area contributed by atoms with E-state index in [-0.39, 0.29) is 12.2 Å². The van der Waals surface area contributed by atoms with Crippen LogP contribution in [0.2, 0.25) is 5.02 Å². The number of anilines is 1. The van der Waals surface area contributed by atoms with E-state index in [1.807, 2.05) is 73.7 Å². The molecule has 2 saturated heterocycles. The predicted molar refractivity (Wildman–Crippen MR) is 166 cm³/mol. The summed E-state index contributed by atoms with van der Waals surface area (Å²) in [6.45, 7) is 1.82. The maximum absolute atomic E-state index is 14.1. The summed E-state index contributed by atoms with van der Waals surface area (Å²) < 4.78 is 0. The number of fused-ring (bicyclic) bond motifs is 1.